The molecule has 4 nitrogen and oxygen atoms in total. The number of pyridine rings is 1. The average Bonchev–Trinajstić information content (AvgIpc) is 2.28. The minimum Gasteiger partial charge on any atom is -0.497 e. The third-order valence-electron chi connectivity index (χ3n) is 2.65. The van der Waals surface area contributed by atoms with Crippen molar-refractivity contribution in [2.75, 3.05) is 14.2 Å². The molecule has 2 rings (SSSR count). The van der Waals surface area contributed by atoms with Crippen LogP contribution in [-0.4, -0.2) is 19.2 Å². The molecule has 0 bridgehead atoms. The highest BCUT2D eigenvalue weighted by molar-refractivity contribution is 5.35. The Hall–Kier alpha value is -1.71. The van der Waals surface area contributed by atoms with Crippen LogP contribution in [0.15, 0.2) is 28.6 Å². The third-order valence-corrected chi connectivity index (χ3v) is 2.65. The van der Waals surface area contributed by atoms with Crippen LogP contribution in [0, 0.1) is 0 Å². The highest BCUT2D eigenvalue weighted by atomic mass is 16.5. The van der Waals surface area contributed by atoms with Gasteiger partial charge in [0.1, 0.15) is 11.5 Å². The molecule has 0 unspecified atom stereocenters. The van der Waals surface area contributed by atoms with E-state index in [9.17, 15) is 4.79 Å². The van der Waals surface area contributed by atoms with E-state index in [0.29, 0.717) is 12.8 Å². The van der Waals surface area contributed by atoms with E-state index >= 15 is 0 Å². The quantitative estimate of drug-likeness (QED) is 0.786. The van der Waals surface area contributed by atoms with Crippen molar-refractivity contribution in [2.24, 2.45) is 0 Å². The summed E-state index contributed by atoms with van der Waals surface area (Å²) in [5, 5.41) is 0. The molecular formula is C11H13NO3. The maximum atomic E-state index is 11.5. The Morgan fingerprint density at radius 3 is 2.53 bits per heavy atom. The van der Waals surface area contributed by atoms with Gasteiger partial charge >= 0.3 is 0 Å². The molecule has 80 valence electrons. The monoisotopic (exact) mass is 207 g/mol. The van der Waals surface area contributed by atoms with E-state index in [1.54, 1.807) is 20.4 Å². The number of nitrogens with one attached hydrogen (secondary N) is 1. The molecule has 1 heterocycles. The van der Waals surface area contributed by atoms with Gasteiger partial charge in [0.2, 0.25) is 0 Å². The van der Waals surface area contributed by atoms with Gasteiger partial charge in [0.25, 0.3) is 5.56 Å². The van der Waals surface area contributed by atoms with Crippen molar-refractivity contribution in [1.29, 1.82) is 0 Å². The summed E-state index contributed by atoms with van der Waals surface area (Å²) >= 11 is 0. The molecule has 1 aliphatic carbocycles. The fraction of sp³-hybridized carbons (Fsp3) is 0.364. The first-order valence-corrected chi connectivity index (χ1v) is 4.75. The van der Waals surface area contributed by atoms with Crippen LogP contribution >= 0.6 is 0 Å². The number of hydrogen-bond donors (Lipinski definition) is 1. The molecule has 1 aliphatic rings. The number of allylic oxidation sites excluding steroid dienone is 2. The Morgan fingerprint density at radius 1 is 1.20 bits per heavy atom. The molecule has 1 aromatic heterocycles. The topological polar surface area (TPSA) is 51.3 Å². The first-order chi connectivity index (χ1) is 7.26. The maximum Gasteiger partial charge on any atom is 0.251 e. The van der Waals surface area contributed by atoms with E-state index < -0.39 is 0 Å². The summed E-state index contributed by atoms with van der Waals surface area (Å²) in [6.07, 6.45) is 2.79. The number of aromatic nitrogens is 1. The fourth-order valence-electron chi connectivity index (χ4n) is 1.81. The normalized spacial score (nSPS) is 14.8. The maximum absolute atomic E-state index is 11.5. The highest BCUT2D eigenvalue weighted by Crippen LogP contribution is 2.24. The zero-order chi connectivity index (χ0) is 10.8. The van der Waals surface area contributed by atoms with Gasteiger partial charge in [-0.15, -0.1) is 0 Å². The second-order valence-corrected chi connectivity index (χ2v) is 3.42. The Morgan fingerprint density at radius 2 is 1.87 bits per heavy atom. The van der Waals surface area contributed by atoms with Crippen LogP contribution in [0.2, 0.25) is 0 Å². The van der Waals surface area contributed by atoms with Crippen LogP contribution in [0.1, 0.15) is 11.1 Å². The number of aromatic amines is 1. The smallest absolute Gasteiger partial charge is 0.251 e. The second-order valence-electron chi connectivity index (χ2n) is 3.42. The summed E-state index contributed by atoms with van der Waals surface area (Å²) < 4.78 is 10.4. The predicted octanol–water partition coefficient (Wildman–Crippen LogP) is 0.978. The van der Waals surface area contributed by atoms with Crippen LogP contribution in [0.25, 0.3) is 0 Å². The Bertz CT molecular complexity index is 459. The van der Waals surface area contributed by atoms with Crippen molar-refractivity contribution in [3.8, 4) is 0 Å². The van der Waals surface area contributed by atoms with Crippen molar-refractivity contribution >= 4 is 0 Å². The van der Waals surface area contributed by atoms with Crippen LogP contribution in [0.5, 0.6) is 0 Å². The van der Waals surface area contributed by atoms with E-state index in [1.807, 2.05) is 6.07 Å². The standard InChI is InChI=1S/C11H13NO3/c1-14-9-5-7-3-4-12-11(13)8(7)6-10(9)15-2/h3-4H,5-6H2,1-2H3,(H,12,13). The second kappa shape index (κ2) is 3.81. The van der Waals surface area contributed by atoms with Crippen LogP contribution < -0.4 is 5.56 Å². The Labute approximate surface area is 87.5 Å². The summed E-state index contributed by atoms with van der Waals surface area (Å²) in [7, 11) is 3.21. The molecule has 0 spiro atoms. The van der Waals surface area contributed by atoms with Gasteiger partial charge in [-0.3, -0.25) is 4.79 Å². The SMILES string of the molecule is COC1=C(OC)Cc2c(cc[nH]c2=O)C1. The lowest BCUT2D eigenvalue weighted by atomic mass is 9.96. The van der Waals surface area contributed by atoms with Gasteiger partial charge in [0.15, 0.2) is 0 Å². The van der Waals surface area contributed by atoms with Crippen molar-refractivity contribution in [1.82, 2.24) is 4.98 Å². The highest BCUT2D eigenvalue weighted by Gasteiger charge is 2.21. The predicted molar refractivity (Wildman–Crippen MR) is 55.5 cm³/mol. The molecule has 0 aromatic carbocycles. The first kappa shape index (κ1) is 9.83. The average molecular weight is 207 g/mol. The molecule has 1 aromatic rings. The molecule has 0 atom stereocenters. The van der Waals surface area contributed by atoms with Crippen LogP contribution in [-0.2, 0) is 22.3 Å². The van der Waals surface area contributed by atoms with Crippen molar-refractivity contribution in [3.63, 3.8) is 0 Å². The molecule has 0 amide bonds. The van der Waals surface area contributed by atoms with E-state index in [0.717, 1.165) is 22.6 Å². The van der Waals surface area contributed by atoms with Gasteiger partial charge in [-0.2, -0.15) is 0 Å². The van der Waals surface area contributed by atoms with Crippen LogP contribution in [0.3, 0.4) is 0 Å². The minimum absolute atomic E-state index is 0.0443. The van der Waals surface area contributed by atoms with Crippen molar-refractivity contribution in [3.05, 3.63) is 45.3 Å². The lowest BCUT2D eigenvalue weighted by molar-refractivity contribution is 0.206. The summed E-state index contributed by atoms with van der Waals surface area (Å²) in [5.74, 6) is 1.54. The van der Waals surface area contributed by atoms with Gasteiger partial charge in [0.05, 0.1) is 14.2 Å². The fourth-order valence-corrected chi connectivity index (χ4v) is 1.81. The van der Waals surface area contributed by atoms with E-state index in [1.165, 1.54) is 0 Å². The van der Waals surface area contributed by atoms with Crippen LogP contribution in [0.4, 0.5) is 0 Å². The molecule has 0 saturated heterocycles. The van der Waals surface area contributed by atoms with Gasteiger partial charge in [-0.25, -0.2) is 0 Å². The van der Waals surface area contributed by atoms with E-state index in [2.05, 4.69) is 4.98 Å². The number of fused-ring (bicyclic) bond motifs is 1. The van der Waals surface area contributed by atoms with Gasteiger partial charge in [0, 0.05) is 24.6 Å². The lowest BCUT2D eigenvalue weighted by Crippen LogP contribution is -2.21. The molecule has 0 fully saturated rings. The molecule has 0 radical (unpaired) electrons. The third kappa shape index (κ3) is 1.63. The number of rotatable bonds is 2. The molecule has 0 saturated carbocycles. The largest absolute Gasteiger partial charge is 0.497 e. The van der Waals surface area contributed by atoms with Gasteiger partial charge in [-0.05, 0) is 11.6 Å². The summed E-state index contributed by atoms with van der Waals surface area (Å²) in [5.41, 5.74) is 1.74. The molecule has 15 heavy (non-hydrogen) atoms. The summed E-state index contributed by atoms with van der Waals surface area (Å²) in [6, 6.07) is 1.90. The Kier molecular flexibility index (Phi) is 2.49. The van der Waals surface area contributed by atoms with E-state index in [-0.39, 0.29) is 5.56 Å². The minimum atomic E-state index is -0.0443. The van der Waals surface area contributed by atoms with Gasteiger partial charge < -0.3 is 14.5 Å². The number of methoxy groups -OCH3 is 2. The summed E-state index contributed by atoms with van der Waals surface area (Å²) in [4.78, 5) is 14.2. The zero-order valence-electron chi connectivity index (χ0n) is 8.79. The molecule has 1 N–H and O–H groups in total. The number of hydrogen-bond acceptors (Lipinski definition) is 3. The lowest BCUT2D eigenvalue weighted by Gasteiger charge is -2.20. The first-order valence-electron chi connectivity index (χ1n) is 4.75. The molecule has 4 heteroatoms. The zero-order valence-corrected chi connectivity index (χ0v) is 8.79. The van der Waals surface area contributed by atoms with Crippen molar-refractivity contribution in [2.45, 2.75) is 12.8 Å². The molecule has 0 aliphatic heterocycles. The summed E-state index contributed by atoms with van der Waals surface area (Å²) in [6.45, 7) is 0. The van der Waals surface area contributed by atoms with Crippen molar-refractivity contribution < 1.29 is 9.47 Å². The number of ether oxygens (including phenoxy) is 2. The molecular weight excluding hydrogens is 194 g/mol. The Balaban J connectivity index is 2.46. The number of H-pyrrole nitrogens is 1. The van der Waals surface area contributed by atoms with E-state index in [4.69, 9.17) is 9.47 Å². The van der Waals surface area contributed by atoms with Gasteiger partial charge in [-0.1, -0.05) is 0 Å².